The normalized spacial score (nSPS) is 10.9. The third kappa shape index (κ3) is 4.31. The molecule has 136 valence electrons. The molecule has 0 aliphatic heterocycles. The summed E-state index contributed by atoms with van der Waals surface area (Å²) < 4.78 is 18.0. The number of carbonyl (C=O) groups excluding carboxylic acids is 1. The van der Waals surface area contributed by atoms with Gasteiger partial charge in [0.25, 0.3) is 0 Å². The molecule has 1 amide bonds. The van der Waals surface area contributed by atoms with E-state index in [0.29, 0.717) is 22.9 Å². The quantitative estimate of drug-likeness (QED) is 0.630. The summed E-state index contributed by atoms with van der Waals surface area (Å²) in [5.74, 6) is -0.162. The number of amides is 1. The van der Waals surface area contributed by atoms with E-state index in [1.165, 1.54) is 10.7 Å². The highest BCUT2D eigenvalue weighted by atomic mass is 79.9. The smallest absolute Gasteiger partial charge is 0.227 e. The first-order valence-electron chi connectivity index (χ1n) is 7.88. The lowest BCUT2D eigenvalue weighted by molar-refractivity contribution is -0.116. The van der Waals surface area contributed by atoms with Crippen LogP contribution in [0.4, 0.5) is 10.2 Å². The Morgan fingerprint density at radius 1 is 1.38 bits per heavy atom. The van der Waals surface area contributed by atoms with Gasteiger partial charge in [-0.05, 0) is 35.0 Å². The molecule has 3 rings (SSSR count). The van der Waals surface area contributed by atoms with Crippen LogP contribution in [-0.2, 0) is 17.9 Å². The van der Waals surface area contributed by atoms with Crippen LogP contribution in [0.1, 0.15) is 17.7 Å². The van der Waals surface area contributed by atoms with E-state index in [2.05, 4.69) is 31.4 Å². The van der Waals surface area contributed by atoms with Crippen molar-refractivity contribution in [2.24, 2.45) is 0 Å². The number of aryl methyl sites for hydroxylation is 1. The Balaban J connectivity index is 1.58. The van der Waals surface area contributed by atoms with Gasteiger partial charge in [-0.3, -0.25) is 14.2 Å². The van der Waals surface area contributed by atoms with Crippen LogP contribution in [0.25, 0.3) is 0 Å². The topological polar surface area (TPSA) is 64.7 Å². The van der Waals surface area contributed by atoms with Gasteiger partial charge in [-0.25, -0.2) is 4.39 Å². The molecule has 0 bridgehead atoms. The number of nitrogens with zero attached hydrogens (tertiary/aromatic N) is 4. The first-order chi connectivity index (χ1) is 12.4. The largest absolute Gasteiger partial charge is 0.309 e. The summed E-state index contributed by atoms with van der Waals surface area (Å²) in [5.41, 5.74) is 1.32. The van der Waals surface area contributed by atoms with Crippen LogP contribution in [0, 0.1) is 12.7 Å². The van der Waals surface area contributed by atoms with E-state index in [1.54, 1.807) is 35.3 Å². The van der Waals surface area contributed by atoms with Crippen molar-refractivity contribution >= 4 is 39.3 Å². The molecule has 0 radical (unpaired) electrons. The van der Waals surface area contributed by atoms with E-state index in [9.17, 15) is 9.18 Å². The van der Waals surface area contributed by atoms with Gasteiger partial charge < -0.3 is 5.32 Å². The molecule has 2 heterocycles. The van der Waals surface area contributed by atoms with E-state index in [-0.39, 0.29) is 24.7 Å². The molecule has 2 aromatic heterocycles. The lowest BCUT2D eigenvalue weighted by atomic mass is 10.2. The summed E-state index contributed by atoms with van der Waals surface area (Å²) >= 11 is 9.41. The maximum Gasteiger partial charge on any atom is 0.227 e. The van der Waals surface area contributed by atoms with Gasteiger partial charge in [-0.15, -0.1) is 0 Å². The number of hydrogen-bond donors (Lipinski definition) is 1. The van der Waals surface area contributed by atoms with Gasteiger partial charge in [0.2, 0.25) is 5.91 Å². The van der Waals surface area contributed by atoms with E-state index in [0.717, 1.165) is 10.2 Å². The van der Waals surface area contributed by atoms with Crippen LogP contribution < -0.4 is 5.32 Å². The van der Waals surface area contributed by atoms with Crippen LogP contribution >= 0.6 is 27.5 Å². The molecule has 0 aliphatic carbocycles. The van der Waals surface area contributed by atoms with Crippen molar-refractivity contribution in [2.75, 3.05) is 5.32 Å². The number of carbonyl (C=O) groups is 1. The zero-order chi connectivity index (χ0) is 18.7. The SMILES string of the molecule is Cc1c(Br)cnn1CCC(=O)Nc1ccn(Cc2c(F)cccc2Cl)n1. The number of hydrogen-bond acceptors (Lipinski definition) is 3. The average molecular weight is 441 g/mol. The fourth-order valence-corrected chi connectivity index (χ4v) is 2.94. The Hall–Kier alpha value is -2.19. The highest BCUT2D eigenvalue weighted by molar-refractivity contribution is 9.10. The number of nitrogens with one attached hydrogen (secondary N) is 1. The van der Waals surface area contributed by atoms with Crippen molar-refractivity contribution in [3.8, 4) is 0 Å². The second-order valence-corrected chi connectivity index (χ2v) is 6.96. The second kappa shape index (κ2) is 8.01. The third-order valence-electron chi connectivity index (χ3n) is 3.88. The average Bonchev–Trinajstić information content (AvgIpc) is 3.17. The molecule has 0 atom stereocenters. The minimum Gasteiger partial charge on any atom is -0.309 e. The van der Waals surface area contributed by atoms with E-state index in [4.69, 9.17) is 11.6 Å². The zero-order valence-electron chi connectivity index (χ0n) is 13.9. The lowest BCUT2D eigenvalue weighted by Gasteiger charge is -2.06. The Labute approximate surface area is 163 Å². The highest BCUT2D eigenvalue weighted by Crippen LogP contribution is 2.20. The molecule has 0 fully saturated rings. The molecule has 3 aromatic rings. The summed E-state index contributed by atoms with van der Waals surface area (Å²) in [6.07, 6.45) is 3.62. The molecule has 0 spiro atoms. The number of benzene rings is 1. The summed E-state index contributed by atoms with van der Waals surface area (Å²) in [6.45, 7) is 2.57. The third-order valence-corrected chi connectivity index (χ3v) is 5.02. The maximum atomic E-state index is 13.8. The van der Waals surface area contributed by atoms with Crippen molar-refractivity contribution in [2.45, 2.75) is 26.4 Å². The first kappa shape index (κ1) is 18.6. The van der Waals surface area contributed by atoms with Crippen LogP contribution in [0.3, 0.4) is 0 Å². The summed E-state index contributed by atoms with van der Waals surface area (Å²) in [5, 5.41) is 11.5. The molecule has 0 aliphatic rings. The van der Waals surface area contributed by atoms with E-state index < -0.39 is 0 Å². The molecule has 1 aromatic carbocycles. The van der Waals surface area contributed by atoms with Crippen LogP contribution in [-0.4, -0.2) is 25.5 Å². The van der Waals surface area contributed by atoms with Crippen molar-refractivity contribution < 1.29 is 9.18 Å². The summed E-state index contributed by atoms with van der Waals surface area (Å²) in [7, 11) is 0. The van der Waals surface area contributed by atoms with Gasteiger partial charge in [0.1, 0.15) is 5.82 Å². The Morgan fingerprint density at radius 2 is 2.19 bits per heavy atom. The Bertz CT molecular complexity index is 919. The molecular weight excluding hydrogens is 425 g/mol. The molecule has 26 heavy (non-hydrogen) atoms. The van der Waals surface area contributed by atoms with Crippen molar-refractivity contribution in [3.05, 3.63) is 63.2 Å². The molecule has 6 nitrogen and oxygen atoms in total. The zero-order valence-corrected chi connectivity index (χ0v) is 16.3. The van der Waals surface area contributed by atoms with Crippen LogP contribution in [0.5, 0.6) is 0 Å². The molecular formula is C17H16BrClFN5O. The maximum absolute atomic E-state index is 13.8. The molecule has 0 saturated carbocycles. The van der Waals surface area contributed by atoms with Gasteiger partial charge in [-0.1, -0.05) is 17.7 Å². The highest BCUT2D eigenvalue weighted by Gasteiger charge is 2.11. The number of anilines is 1. The van der Waals surface area contributed by atoms with E-state index >= 15 is 0 Å². The number of aromatic nitrogens is 4. The monoisotopic (exact) mass is 439 g/mol. The minimum atomic E-state index is -0.390. The second-order valence-electron chi connectivity index (χ2n) is 5.70. The van der Waals surface area contributed by atoms with Crippen molar-refractivity contribution in [1.29, 1.82) is 0 Å². The van der Waals surface area contributed by atoms with Gasteiger partial charge in [-0.2, -0.15) is 10.2 Å². The molecule has 0 unspecified atom stereocenters. The van der Waals surface area contributed by atoms with Crippen molar-refractivity contribution in [3.63, 3.8) is 0 Å². The molecule has 9 heteroatoms. The van der Waals surface area contributed by atoms with Gasteiger partial charge in [0.15, 0.2) is 5.82 Å². The predicted molar refractivity (Wildman–Crippen MR) is 101 cm³/mol. The van der Waals surface area contributed by atoms with Crippen LogP contribution in [0.15, 0.2) is 41.1 Å². The fourth-order valence-electron chi connectivity index (χ4n) is 2.42. The van der Waals surface area contributed by atoms with Crippen LogP contribution in [0.2, 0.25) is 5.02 Å². The van der Waals surface area contributed by atoms with Gasteiger partial charge in [0.05, 0.1) is 23.8 Å². The van der Waals surface area contributed by atoms with E-state index in [1.807, 2.05) is 6.92 Å². The first-order valence-corrected chi connectivity index (χ1v) is 9.05. The number of rotatable bonds is 6. The Morgan fingerprint density at radius 3 is 2.88 bits per heavy atom. The summed E-state index contributed by atoms with van der Waals surface area (Å²) in [6, 6.07) is 6.18. The van der Waals surface area contributed by atoms with Crippen molar-refractivity contribution in [1.82, 2.24) is 19.6 Å². The molecule has 0 saturated heterocycles. The standard InChI is InChI=1S/C17H16BrClFN5O/c1-11-13(18)9-21-25(11)8-6-17(26)22-16-5-7-24(23-16)10-12-14(19)3-2-4-15(12)20/h2-5,7,9H,6,8,10H2,1H3,(H,22,23,26). The molecule has 1 N–H and O–H groups in total. The fraction of sp³-hybridized carbons (Fsp3) is 0.235. The minimum absolute atomic E-state index is 0.176. The lowest BCUT2D eigenvalue weighted by Crippen LogP contribution is -2.16. The summed E-state index contributed by atoms with van der Waals surface area (Å²) in [4.78, 5) is 12.1. The van der Waals surface area contributed by atoms with Gasteiger partial charge >= 0.3 is 0 Å². The van der Waals surface area contributed by atoms with Gasteiger partial charge in [0, 0.05) is 35.0 Å². The number of halogens is 3. The predicted octanol–water partition coefficient (Wildman–Crippen LogP) is 4.02. The Kier molecular flexibility index (Phi) is 5.73.